The Morgan fingerprint density at radius 2 is 1.62 bits per heavy atom. The standard InChI is InChI=1S/C25H25BrClNO5S/c1-25(2,3)22-15-17(26)5-14-23(22)33-16-24(29)28(19-8-10-20(32-4)11-9-19)34(30,31)21-12-6-18(27)7-13-21/h5-15H,16H2,1-4H3. The van der Waals surface area contributed by atoms with Crippen LogP contribution in [0.15, 0.2) is 76.1 Å². The molecule has 0 heterocycles. The molecule has 0 aliphatic rings. The van der Waals surface area contributed by atoms with Crippen LogP contribution >= 0.6 is 27.5 Å². The number of amides is 1. The summed E-state index contributed by atoms with van der Waals surface area (Å²) in [6.45, 7) is 5.60. The molecule has 1 amide bonds. The van der Waals surface area contributed by atoms with Gasteiger partial charge in [-0.3, -0.25) is 4.79 Å². The Balaban J connectivity index is 1.98. The van der Waals surface area contributed by atoms with Crippen molar-refractivity contribution < 1.29 is 22.7 Å². The normalized spacial score (nSPS) is 11.7. The van der Waals surface area contributed by atoms with Gasteiger partial charge in [0.15, 0.2) is 6.61 Å². The summed E-state index contributed by atoms with van der Waals surface area (Å²) in [4.78, 5) is 13.3. The second-order valence-corrected chi connectivity index (χ2v) is 11.6. The van der Waals surface area contributed by atoms with Crippen LogP contribution in [0, 0.1) is 0 Å². The number of halogens is 2. The van der Waals surface area contributed by atoms with Crippen LogP contribution in [0.1, 0.15) is 26.3 Å². The smallest absolute Gasteiger partial charge is 0.278 e. The zero-order chi connectivity index (χ0) is 25.1. The van der Waals surface area contributed by atoms with Crippen LogP contribution in [-0.2, 0) is 20.2 Å². The van der Waals surface area contributed by atoms with E-state index in [0.717, 1.165) is 14.3 Å². The van der Waals surface area contributed by atoms with E-state index in [9.17, 15) is 13.2 Å². The molecule has 0 unspecified atom stereocenters. The fourth-order valence-electron chi connectivity index (χ4n) is 3.26. The number of methoxy groups -OCH3 is 1. The summed E-state index contributed by atoms with van der Waals surface area (Å²) in [5.74, 6) is 0.284. The lowest BCUT2D eigenvalue weighted by molar-refractivity contribution is -0.119. The van der Waals surface area contributed by atoms with Crippen molar-refractivity contribution in [3.8, 4) is 11.5 Å². The van der Waals surface area contributed by atoms with Gasteiger partial charge >= 0.3 is 0 Å². The van der Waals surface area contributed by atoms with Gasteiger partial charge in [0.2, 0.25) is 0 Å². The molecular weight excluding hydrogens is 542 g/mol. The quantitative estimate of drug-likeness (QED) is 0.340. The summed E-state index contributed by atoms with van der Waals surface area (Å²) in [7, 11) is -2.74. The van der Waals surface area contributed by atoms with Gasteiger partial charge in [0.05, 0.1) is 17.7 Å². The van der Waals surface area contributed by atoms with Crippen molar-refractivity contribution in [2.45, 2.75) is 31.1 Å². The van der Waals surface area contributed by atoms with Crippen LogP contribution in [0.25, 0.3) is 0 Å². The number of anilines is 1. The van der Waals surface area contributed by atoms with Crippen molar-refractivity contribution in [1.29, 1.82) is 0 Å². The molecule has 0 spiro atoms. The second-order valence-electron chi connectivity index (χ2n) is 8.49. The highest BCUT2D eigenvalue weighted by molar-refractivity contribution is 9.10. The average Bonchev–Trinajstić information content (AvgIpc) is 2.78. The zero-order valence-electron chi connectivity index (χ0n) is 19.2. The molecule has 3 aromatic carbocycles. The molecule has 0 radical (unpaired) electrons. The Bertz CT molecular complexity index is 1270. The van der Waals surface area contributed by atoms with E-state index in [2.05, 4.69) is 15.9 Å². The number of rotatable bonds is 7. The monoisotopic (exact) mass is 565 g/mol. The number of nitrogens with zero attached hydrogens (tertiary/aromatic N) is 1. The molecule has 180 valence electrons. The molecule has 3 rings (SSSR count). The molecule has 0 aliphatic carbocycles. The lowest BCUT2D eigenvalue weighted by atomic mass is 9.86. The van der Waals surface area contributed by atoms with Gasteiger partial charge in [-0.25, -0.2) is 8.42 Å². The molecule has 34 heavy (non-hydrogen) atoms. The molecule has 0 aromatic heterocycles. The van der Waals surface area contributed by atoms with E-state index in [1.165, 1.54) is 43.5 Å². The molecule has 0 N–H and O–H groups in total. The zero-order valence-corrected chi connectivity index (χ0v) is 22.4. The molecule has 0 atom stereocenters. The van der Waals surface area contributed by atoms with Crippen LogP contribution in [-0.4, -0.2) is 28.0 Å². The molecule has 0 saturated carbocycles. The van der Waals surface area contributed by atoms with Crippen molar-refractivity contribution in [2.24, 2.45) is 0 Å². The number of sulfonamides is 1. The first-order chi connectivity index (χ1) is 15.9. The third-order valence-electron chi connectivity index (χ3n) is 4.99. The fourth-order valence-corrected chi connectivity index (χ4v) is 5.16. The van der Waals surface area contributed by atoms with Crippen LogP contribution in [0.3, 0.4) is 0 Å². The average molecular weight is 567 g/mol. The molecule has 0 bridgehead atoms. The highest BCUT2D eigenvalue weighted by Crippen LogP contribution is 2.34. The van der Waals surface area contributed by atoms with Crippen LogP contribution in [0.5, 0.6) is 11.5 Å². The largest absolute Gasteiger partial charge is 0.497 e. The Morgan fingerprint density at radius 1 is 1.00 bits per heavy atom. The van der Waals surface area contributed by atoms with E-state index in [4.69, 9.17) is 21.1 Å². The van der Waals surface area contributed by atoms with Gasteiger partial charge in [0, 0.05) is 15.1 Å². The summed E-state index contributed by atoms with van der Waals surface area (Å²) in [6.07, 6.45) is 0. The molecule has 0 fully saturated rings. The van der Waals surface area contributed by atoms with E-state index >= 15 is 0 Å². The van der Waals surface area contributed by atoms with Crippen molar-refractivity contribution >= 4 is 49.1 Å². The van der Waals surface area contributed by atoms with E-state index < -0.39 is 22.5 Å². The van der Waals surface area contributed by atoms with Crippen LogP contribution in [0.2, 0.25) is 5.02 Å². The summed E-state index contributed by atoms with van der Waals surface area (Å²) in [6, 6.07) is 17.3. The van der Waals surface area contributed by atoms with Gasteiger partial charge in [0.1, 0.15) is 11.5 Å². The van der Waals surface area contributed by atoms with Gasteiger partial charge < -0.3 is 9.47 Å². The van der Waals surface area contributed by atoms with Crippen LogP contribution < -0.4 is 13.8 Å². The van der Waals surface area contributed by atoms with Gasteiger partial charge in [-0.1, -0.05) is 48.3 Å². The predicted octanol–water partition coefficient (Wildman–Crippen LogP) is 6.21. The number of hydrogen-bond acceptors (Lipinski definition) is 5. The van der Waals surface area contributed by atoms with E-state index in [1.54, 1.807) is 24.3 Å². The van der Waals surface area contributed by atoms with E-state index in [1.807, 2.05) is 26.8 Å². The second kappa shape index (κ2) is 10.4. The summed E-state index contributed by atoms with van der Waals surface area (Å²) in [5, 5.41) is 0.384. The highest BCUT2D eigenvalue weighted by Gasteiger charge is 2.32. The fraction of sp³-hybridized carbons (Fsp3) is 0.240. The predicted molar refractivity (Wildman–Crippen MR) is 137 cm³/mol. The highest BCUT2D eigenvalue weighted by atomic mass is 79.9. The molecule has 6 nitrogen and oxygen atoms in total. The van der Waals surface area contributed by atoms with Gasteiger partial charge in [-0.05, 0) is 72.1 Å². The first-order valence-corrected chi connectivity index (χ1v) is 12.9. The number of carbonyl (C=O) groups is 1. The third kappa shape index (κ3) is 5.92. The van der Waals surface area contributed by atoms with Gasteiger partial charge in [-0.2, -0.15) is 4.31 Å². The first-order valence-electron chi connectivity index (χ1n) is 10.3. The SMILES string of the molecule is COc1ccc(N(C(=O)COc2ccc(Br)cc2C(C)(C)C)S(=O)(=O)c2ccc(Cl)cc2)cc1. The molecule has 3 aromatic rings. The van der Waals surface area contributed by atoms with Gasteiger partial charge in [0.25, 0.3) is 15.9 Å². The number of ether oxygens (including phenoxy) is 2. The van der Waals surface area contributed by atoms with Crippen LogP contribution in [0.4, 0.5) is 5.69 Å². The van der Waals surface area contributed by atoms with E-state index in [0.29, 0.717) is 16.5 Å². The minimum absolute atomic E-state index is 0.0694. The topological polar surface area (TPSA) is 72.9 Å². The Kier molecular flexibility index (Phi) is 7.95. The lowest BCUT2D eigenvalue weighted by Crippen LogP contribution is -2.40. The number of carbonyl (C=O) groups excluding carboxylic acids is 1. The maximum Gasteiger partial charge on any atom is 0.278 e. The molecule has 0 saturated heterocycles. The number of hydrogen-bond donors (Lipinski definition) is 0. The van der Waals surface area contributed by atoms with Crippen molar-refractivity contribution in [3.63, 3.8) is 0 Å². The number of benzene rings is 3. The lowest BCUT2D eigenvalue weighted by Gasteiger charge is -2.25. The minimum Gasteiger partial charge on any atom is -0.497 e. The maximum atomic E-state index is 13.5. The maximum absolute atomic E-state index is 13.5. The molecule has 9 heteroatoms. The summed E-state index contributed by atoms with van der Waals surface area (Å²) in [5.41, 5.74) is 0.787. The Hall–Kier alpha value is -2.55. The van der Waals surface area contributed by atoms with Crippen molar-refractivity contribution in [2.75, 3.05) is 18.0 Å². The first kappa shape index (κ1) is 26.1. The summed E-state index contributed by atoms with van der Waals surface area (Å²) < 4.78 is 39.6. The Morgan fingerprint density at radius 3 is 2.18 bits per heavy atom. The molecule has 0 aliphatic heterocycles. The van der Waals surface area contributed by atoms with Crippen molar-refractivity contribution in [3.05, 3.63) is 81.8 Å². The van der Waals surface area contributed by atoms with Gasteiger partial charge in [-0.15, -0.1) is 0 Å². The Labute approximate surface area is 213 Å². The molecular formula is C25H25BrClNO5S. The van der Waals surface area contributed by atoms with E-state index in [-0.39, 0.29) is 16.0 Å². The summed E-state index contributed by atoms with van der Waals surface area (Å²) >= 11 is 9.38. The van der Waals surface area contributed by atoms with Crippen molar-refractivity contribution in [1.82, 2.24) is 0 Å². The third-order valence-corrected chi connectivity index (χ3v) is 7.49. The minimum atomic E-state index is -4.24.